The van der Waals surface area contributed by atoms with E-state index < -0.39 is 41.7 Å². The van der Waals surface area contributed by atoms with Crippen molar-refractivity contribution in [3.63, 3.8) is 0 Å². The third-order valence-corrected chi connectivity index (χ3v) is 4.58. The molecule has 1 aromatic carbocycles. The fraction of sp³-hybridized carbons (Fsp3) is 0.429. The van der Waals surface area contributed by atoms with Crippen LogP contribution in [-0.2, 0) is 9.59 Å². The predicted molar refractivity (Wildman–Crippen MR) is 75.6 cm³/mol. The number of hydrogen-bond acceptors (Lipinski definition) is 3. The third-order valence-electron chi connectivity index (χ3n) is 3.49. The molecule has 120 valence electrons. The molecule has 4 nitrogen and oxygen atoms in total. The van der Waals surface area contributed by atoms with Crippen molar-refractivity contribution in [2.75, 3.05) is 11.1 Å². The Morgan fingerprint density at radius 2 is 2.00 bits per heavy atom. The van der Waals surface area contributed by atoms with Gasteiger partial charge in [-0.25, -0.2) is 13.2 Å². The van der Waals surface area contributed by atoms with Crippen molar-refractivity contribution in [1.29, 1.82) is 0 Å². The molecule has 22 heavy (non-hydrogen) atoms. The molecule has 0 bridgehead atoms. The minimum absolute atomic E-state index is 0.0895. The first-order valence-corrected chi connectivity index (χ1v) is 7.61. The van der Waals surface area contributed by atoms with E-state index in [1.54, 1.807) is 0 Å². The summed E-state index contributed by atoms with van der Waals surface area (Å²) in [6.45, 7) is 0. The highest BCUT2D eigenvalue weighted by atomic mass is 32.2. The minimum Gasteiger partial charge on any atom is -0.481 e. The Balaban J connectivity index is 2.09. The quantitative estimate of drug-likeness (QED) is 0.785. The van der Waals surface area contributed by atoms with Gasteiger partial charge in [-0.2, -0.15) is 0 Å². The number of carbonyl (C=O) groups excluding carboxylic acids is 1. The summed E-state index contributed by atoms with van der Waals surface area (Å²) >= 11 is 0.803. The first-order valence-electron chi connectivity index (χ1n) is 6.62. The average molecular weight is 333 g/mol. The van der Waals surface area contributed by atoms with Crippen molar-refractivity contribution in [2.24, 2.45) is 11.8 Å². The van der Waals surface area contributed by atoms with Gasteiger partial charge in [0, 0.05) is 4.90 Å². The zero-order valence-electron chi connectivity index (χ0n) is 11.4. The van der Waals surface area contributed by atoms with Crippen LogP contribution >= 0.6 is 11.8 Å². The average Bonchev–Trinajstić information content (AvgIpc) is 2.35. The fourth-order valence-corrected chi connectivity index (χ4v) is 2.95. The van der Waals surface area contributed by atoms with Gasteiger partial charge >= 0.3 is 5.97 Å². The molecule has 8 heteroatoms. The summed E-state index contributed by atoms with van der Waals surface area (Å²) < 4.78 is 37.9. The molecule has 1 aliphatic rings. The summed E-state index contributed by atoms with van der Waals surface area (Å²) in [4.78, 5) is 23.3. The van der Waals surface area contributed by atoms with E-state index in [2.05, 4.69) is 5.32 Å². The molecule has 1 amide bonds. The molecular weight excluding hydrogens is 319 g/mol. The highest BCUT2D eigenvalue weighted by molar-refractivity contribution is 7.99. The Morgan fingerprint density at radius 1 is 1.32 bits per heavy atom. The molecule has 1 saturated carbocycles. The van der Waals surface area contributed by atoms with E-state index in [9.17, 15) is 22.8 Å². The van der Waals surface area contributed by atoms with Crippen LogP contribution in [0.25, 0.3) is 0 Å². The van der Waals surface area contributed by atoms with Crippen LogP contribution in [0.3, 0.4) is 0 Å². The number of thioether (sulfide) groups is 1. The molecule has 0 aromatic heterocycles. The van der Waals surface area contributed by atoms with Crippen LogP contribution in [-0.4, -0.2) is 29.2 Å². The molecule has 0 aliphatic heterocycles. The molecule has 1 aromatic rings. The molecule has 0 radical (unpaired) electrons. The second-order valence-electron chi connectivity index (χ2n) is 4.96. The van der Waals surface area contributed by atoms with Crippen LogP contribution in [0.15, 0.2) is 23.1 Å². The Kier molecular flexibility index (Phi) is 5.33. The van der Waals surface area contributed by atoms with Crippen molar-refractivity contribution in [2.45, 2.75) is 24.2 Å². The maximum Gasteiger partial charge on any atom is 0.307 e. The Morgan fingerprint density at radius 3 is 2.55 bits per heavy atom. The van der Waals surface area contributed by atoms with Crippen molar-refractivity contribution < 1.29 is 27.9 Å². The number of alkyl halides is 2. The van der Waals surface area contributed by atoms with Crippen LogP contribution in [0.1, 0.15) is 12.8 Å². The van der Waals surface area contributed by atoms with Gasteiger partial charge in [-0.05, 0) is 31.0 Å². The number of rotatable bonds is 6. The lowest BCUT2D eigenvalue weighted by Gasteiger charge is -2.32. The van der Waals surface area contributed by atoms with Gasteiger partial charge in [-0.3, -0.25) is 9.59 Å². The van der Waals surface area contributed by atoms with E-state index in [4.69, 9.17) is 5.11 Å². The maximum atomic E-state index is 13.3. The van der Waals surface area contributed by atoms with Crippen molar-refractivity contribution in [3.8, 4) is 0 Å². The van der Waals surface area contributed by atoms with Gasteiger partial charge in [0.1, 0.15) is 5.82 Å². The summed E-state index contributed by atoms with van der Waals surface area (Å²) in [5, 5.41) is 11.4. The molecule has 1 fully saturated rings. The lowest BCUT2D eigenvalue weighted by Crippen LogP contribution is -2.41. The summed E-state index contributed by atoms with van der Waals surface area (Å²) in [6, 6.07) is 3.47. The zero-order valence-corrected chi connectivity index (χ0v) is 12.2. The molecule has 2 N–H and O–H groups in total. The number of aliphatic carboxylic acids is 1. The number of carboxylic acids is 1. The molecular formula is C14H14F3NO3S. The smallest absolute Gasteiger partial charge is 0.307 e. The monoisotopic (exact) mass is 333 g/mol. The normalized spacial score (nSPS) is 20.5. The van der Waals surface area contributed by atoms with Gasteiger partial charge in [-0.15, -0.1) is 11.8 Å². The highest BCUT2D eigenvalue weighted by Gasteiger charge is 2.41. The van der Waals surface area contributed by atoms with Crippen LogP contribution in [0, 0.1) is 17.7 Å². The largest absolute Gasteiger partial charge is 0.481 e. The number of nitrogens with one attached hydrogen (secondary N) is 1. The first kappa shape index (κ1) is 16.7. The van der Waals surface area contributed by atoms with E-state index in [0.717, 1.165) is 23.9 Å². The summed E-state index contributed by atoms with van der Waals surface area (Å²) in [6.07, 6.45) is -1.66. The molecule has 0 heterocycles. The number of benzene rings is 1. The molecule has 0 spiro atoms. The van der Waals surface area contributed by atoms with Gasteiger partial charge in [-0.1, -0.05) is 0 Å². The lowest BCUT2D eigenvalue weighted by atomic mass is 9.73. The molecule has 2 rings (SSSR count). The van der Waals surface area contributed by atoms with Crippen molar-refractivity contribution >= 4 is 29.3 Å². The van der Waals surface area contributed by atoms with E-state index >= 15 is 0 Å². The van der Waals surface area contributed by atoms with Gasteiger partial charge in [0.2, 0.25) is 12.3 Å². The summed E-state index contributed by atoms with van der Waals surface area (Å²) in [5.74, 6) is -4.07. The van der Waals surface area contributed by atoms with E-state index in [1.165, 1.54) is 6.07 Å². The van der Waals surface area contributed by atoms with Gasteiger partial charge in [0.05, 0.1) is 23.3 Å². The standard InChI is InChI=1S/C14H14F3NO3S/c15-7-1-4-11(22-6-12(16)17)10(5-7)18-13(19)8-2-3-9(8)14(20)21/h1,4-5,8-9,12H,2-3,6H2,(H,18,19)(H,20,21). The number of halogens is 3. The Bertz CT molecular complexity index is 582. The number of anilines is 1. The van der Waals surface area contributed by atoms with E-state index in [-0.39, 0.29) is 5.69 Å². The lowest BCUT2D eigenvalue weighted by molar-refractivity contribution is -0.151. The number of amides is 1. The number of carbonyl (C=O) groups is 2. The Labute approximate surface area is 129 Å². The zero-order chi connectivity index (χ0) is 16.3. The molecule has 2 atom stereocenters. The molecule has 1 aliphatic carbocycles. The van der Waals surface area contributed by atoms with Gasteiger partial charge in [0.15, 0.2) is 0 Å². The Hall–Kier alpha value is -1.70. The third kappa shape index (κ3) is 3.94. The van der Waals surface area contributed by atoms with Crippen LogP contribution < -0.4 is 5.32 Å². The van der Waals surface area contributed by atoms with Crippen molar-refractivity contribution in [1.82, 2.24) is 0 Å². The molecule has 2 unspecified atom stereocenters. The second kappa shape index (κ2) is 7.04. The number of hydrogen-bond donors (Lipinski definition) is 2. The van der Waals surface area contributed by atoms with E-state index in [1.807, 2.05) is 0 Å². The van der Waals surface area contributed by atoms with Gasteiger partial charge < -0.3 is 10.4 Å². The number of carboxylic acid groups (broad SMARTS) is 1. The maximum absolute atomic E-state index is 13.3. The topological polar surface area (TPSA) is 66.4 Å². The van der Waals surface area contributed by atoms with Crippen LogP contribution in [0.2, 0.25) is 0 Å². The highest BCUT2D eigenvalue weighted by Crippen LogP contribution is 2.36. The second-order valence-corrected chi connectivity index (χ2v) is 6.02. The summed E-state index contributed by atoms with van der Waals surface area (Å²) in [5.41, 5.74) is 0.0895. The van der Waals surface area contributed by atoms with Crippen molar-refractivity contribution in [3.05, 3.63) is 24.0 Å². The SMILES string of the molecule is O=C(O)C1CCC1C(=O)Nc1cc(F)ccc1SCC(F)F. The predicted octanol–water partition coefficient (Wildman–Crippen LogP) is 3.23. The van der Waals surface area contributed by atoms with Gasteiger partial charge in [0.25, 0.3) is 0 Å². The van der Waals surface area contributed by atoms with E-state index in [0.29, 0.717) is 17.7 Å². The molecule has 0 saturated heterocycles. The van der Waals surface area contributed by atoms with Crippen LogP contribution in [0.4, 0.5) is 18.9 Å². The first-order chi connectivity index (χ1) is 10.4. The summed E-state index contributed by atoms with van der Waals surface area (Å²) in [7, 11) is 0. The van der Waals surface area contributed by atoms with Crippen LogP contribution in [0.5, 0.6) is 0 Å². The minimum atomic E-state index is -2.53. The fourth-order valence-electron chi connectivity index (χ4n) is 2.21.